The van der Waals surface area contributed by atoms with Crippen molar-refractivity contribution in [1.82, 2.24) is 0 Å². The van der Waals surface area contributed by atoms with E-state index in [1.165, 1.54) is 38.6 Å². The van der Waals surface area contributed by atoms with E-state index >= 15 is 0 Å². The fourth-order valence-corrected chi connectivity index (χ4v) is 3.65. The van der Waals surface area contributed by atoms with Crippen LogP contribution in [-0.2, 0) is 5.41 Å². The van der Waals surface area contributed by atoms with E-state index in [1.807, 2.05) is 0 Å². The van der Waals surface area contributed by atoms with E-state index in [-0.39, 0.29) is 5.41 Å². The van der Waals surface area contributed by atoms with Gasteiger partial charge in [-0.25, -0.2) is 0 Å². The van der Waals surface area contributed by atoms with Gasteiger partial charge in [-0.15, -0.1) is 0 Å². The van der Waals surface area contributed by atoms with Crippen molar-refractivity contribution in [2.45, 2.75) is 40.0 Å². The first-order valence-electron chi connectivity index (χ1n) is 8.08. The predicted octanol–water partition coefficient (Wildman–Crippen LogP) is 7.18. The lowest BCUT2D eigenvalue weighted by Crippen LogP contribution is -2.12. The zero-order valence-corrected chi connectivity index (χ0v) is 16.1. The van der Waals surface area contributed by atoms with E-state index in [0.717, 1.165) is 4.47 Å². The highest BCUT2D eigenvalue weighted by Crippen LogP contribution is 2.37. The standard InChI is InChI=1S/C22H23Br/c1-14-11-17(22(3,4)5)12-15(2)21(14)19-8-6-7-16-9-10-18(23)13-20(16)19/h6-13H,1-5H3. The largest absolute Gasteiger partial charge is 0.0610 e. The highest BCUT2D eigenvalue weighted by Gasteiger charge is 2.17. The van der Waals surface area contributed by atoms with Crippen LogP contribution in [-0.4, -0.2) is 0 Å². The average Bonchev–Trinajstić information content (AvgIpc) is 2.46. The lowest BCUT2D eigenvalue weighted by Gasteiger charge is -2.23. The van der Waals surface area contributed by atoms with Gasteiger partial charge in [0.1, 0.15) is 0 Å². The molecule has 0 aromatic heterocycles. The summed E-state index contributed by atoms with van der Waals surface area (Å²) < 4.78 is 1.12. The maximum Gasteiger partial charge on any atom is 0.0181 e. The van der Waals surface area contributed by atoms with Crippen molar-refractivity contribution in [3.8, 4) is 11.1 Å². The first kappa shape index (κ1) is 16.3. The first-order valence-corrected chi connectivity index (χ1v) is 8.87. The van der Waals surface area contributed by atoms with Crippen molar-refractivity contribution in [3.63, 3.8) is 0 Å². The molecule has 0 bridgehead atoms. The molecular formula is C22H23Br. The summed E-state index contributed by atoms with van der Waals surface area (Å²) in [7, 11) is 0. The summed E-state index contributed by atoms with van der Waals surface area (Å²) in [6.07, 6.45) is 0. The molecule has 1 heteroatoms. The Kier molecular flexibility index (Phi) is 4.10. The van der Waals surface area contributed by atoms with Crippen LogP contribution < -0.4 is 0 Å². The van der Waals surface area contributed by atoms with Crippen molar-refractivity contribution in [2.24, 2.45) is 0 Å². The minimum absolute atomic E-state index is 0.176. The number of halogens is 1. The molecule has 0 saturated carbocycles. The van der Waals surface area contributed by atoms with Gasteiger partial charge in [0.05, 0.1) is 0 Å². The number of hydrogen-bond donors (Lipinski definition) is 0. The van der Waals surface area contributed by atoms with Gasteiger partial charge in [0.15, 0.2) is 0 Å². The van der Waals surface area contributed by atoms with Crippen molar-refractivity contribution < 1.29 is 0 Å². The van der Waals surface area contributed by atoms with E-state index in [4.69, 9.17) is 0 Å². The molecule has 0 atom stereocenters. The zero-order valence-electron chi connectivity index (χ0n) is 14.5. The fourth-order valence-electron chi connectivity index (χ4n) is 3.28. The monoisotopic (exact) mass is 366 g/mol. The Balaban J connectivity index is 2.30. The maximum atomic E-state index is 3.61. The lowest BCUT2D eigenvalue weighted by atomic mass is 9.82. The van der Waals surface area contributed by atoms with Crippen LogP contribution in [0.1, 0.15) is 37.5 Å². The highest BCUT2D eigenvalue weighted by molar-refractivity contribution is 9.10. The van der Waals surface area contributed by atoms with Crippen LogP contribution in [0, 0.1) is 13.8 Å². The molecule has 3 rings (SSSR count). The molecule has 0 radical (unpaired) electrons. The van der Waals surface area contributed by atoms with Gasteiger partial charge < -0.3 is 0 Å². The van der Waals surface area contributed by atoms with Gasteiger partial charge in [-0.1, -0.05) is 73.1 Å². The summed E-state index contributed by atoms with van der Waals surface area (Å²) >= 11 is 3.61. The van der Waals surface area contributed by atoms with Gasteiger partial charge in [-0.2, -0.15) is 0 Å². The average molecular weight is 367 g/mol. The van der Waals surface area contributed by atoms with Crippen LogP contribution in [0.2, 0.25) is 0 Å². The third-order valence-electron chi connectivity index (χ3n) is 4.51. The quantitative estimate of drug-likeness (QED) is 0.427. The Hall–Kier alpha value is -1.60. The molecule has 0 spiro atoms. The molecule has 3 aromatic rings. The third-order valence-corrected chi connectivity index (χ3v) is 5.01. The van der Waals surface area contributed by atoms with Crippen molar-refractivity contribution in [3.05, 3.63) is 69.7 Å². The van der Waals surface area contributed by atoms with E-state index in [2.05, 4.69) is 99.1 Å². The van der Waals surface area contributed by atoms with Crippen LogP contribution in [0.3, 0.4) is 0 Å². The van der Waals surface area contributed by atoms with E-state index in [0.29, 0.717) is 0 Å². The van der Waals surface area contributed by atoms with Gasteiger partial charge in [0.25, 0.3) is 0 Å². The minimum Gasteiger partial charge on any atom is -0.0610 e. The van der Waals surface area contributed by atoms with Crippen LogP contribution in [0.15, 0.2) is 53.0 Å². The van der Waals surface area contributed by atoms with Gasteiger partial charge in [0, 0.05) is 4.47 Å². The molecule has 0 fully saturated rings. The predicted molar refractivity (Wildman–Crippen MR) is 105 cm³/mol. The molecule has 0 saturated heterocycles. The summed E-state index contributed by atoms with van der Waals surface area (Å²) in [4.78, 5) is 0. The summed E-state index contributed by atoms with van der Waals surface area (Å²) in [6.45, 7) is 11.3. The van der Waals surface area contributed by atoms with Crippen LogP contribution in [0.4, 0.5) is 0 Å². The topological polar surface area (TPSA) is 0 Å². The lowest BCUT2D eigenvalue weighted by molar-refractivity contribution is 0.589. The Morgan fingerprint density at radius 3 is 2.09 bits per heavy atom. The van der Waals surface area contributed by atoms with Gasteiger partial charge in [-0.05, 0) is 70.0 Å². The number of rotatable bonds is 1. The summed E-state index contributed by atoms with van der Waals surface area (Å²) in [5.74, 6) is 0. The van der Waals surface area contributed by atoms with Crippen molar-refractivity contribution in [1.29, 1.82) is 0 Å². The van der Waals surface area contributed by atoms with Crippen molar-refractivity contribution in [2.75, 3.05) is 0 Å². The number of hydrogen-bond acceptors (Lipinski definition) is 0. The van der Waals surface area contributed by atoms with Gasteiger partial charge in [-0.3, -0.25) is 0 Å². The second-order valence-corrected chi connectivity index (χ2v) is 8.32. The normalized spacial score (nSPS) is 11.9. The second-order valence-electron chi connectivity index (χ2n) is 7.41. The first-order chi connectivity index (χ1) is 10.8. The molecule has 0 aliphatic carbocycles. The Morgan fingerprint density at radius 1 is 0.826 bits per heavy atom. The highest BCUT2D eigenvalue weighted by atomic mass is 79.9. The van der Waals surface area contributed by atoms with E-state index in [9.17, 15) is 0 Å². The Morgan fingerprint density at radius 2 is 1.48 bits per heavy atom. The second kappa shape index (κ2) is 5.79. The Bertz CT molecular complexity index is 859. The van der Waals surface area contributed by atoms with Crippen LogP contribution in [0.5, 0.6) is 0 Å². The number of benzene rings is 3. The fraction of sp³-hybridized carbons (Fsp3) is 0.273. The minimum atomic E-state index is 0.176. The SMILES string of the molecule is Cc1cc(C(C)(C)C)cc(C)c1-c1cccc2ccc(Br)cc12. The van der Waals surface area contributed by atoms with Crippen molar-refractivity contribution >= 4 is 26.7 Å². The van der Waals surface area contributed by atoms with Crippen LogP contribution in [0.25, 0.3) is 21.9 Å². The molecule has 118 valence electrons. The van der Waals surface area contributed by atoms with E-state index < -0.39 is 0 Å². The molecule has 3 aromatic carbocycles. The molecule has 0 amide bonds. The Labute approximate surface area is 147 Å². The smallest absolute Gasteiger partial charge is 0.0181 e. The molecular weight excluding hydrogens is 344 g/mol. The van der Waals surface area contributed by atoms with Gasteiger partial charge in [0.2, 0.25) is 0 Å². The molecule has 0 nitrogen and oxygen atoms in total. The summed E-state index contributed by atoms with van der Waals surface area (Å²) in [5, 5.41) is 2.58. The van der Waals surface area contributed by atoms with Crippen LogP contribution >= 0.6 is 15.9 Å². The molecule has 0 unspecified atom stereocenters. The molecule has 23 heavy (non-hydrogen) atoms. The molecule has 0 heterocycles. The van der Waals surface area contributed by atoms with Gasteiger partial charge >= 0.3 is 0 Å². The third kappa shape index (κ3) is 3.07. The molecule has 0 aliphatic heterocycles. The summed E-state index contributed by atoms with van der Waals surface area (Å²) in [6, 6.07) is 17.8. The zero-order chi connectivity index (χ0) is 16.8. The summed E-state index contributed by atoms with van der Waals surface area (Å²) in [5.41, 5.74) is 6.96. The number of aryl methyl sites for hydroxylation is 2. The number of fused-ring (bicyclic) bond motifs is 1. The maximum absolute atomic E-state index is 3.61. The molecule has 0 aliphatic rings. The van der Waals surface area contributed by atoms with E-state index in [1.54, 1.807) is 0 Å². The molecule has 0 N–H and O–H groups in total.